The summed E-state index contributed by atoms with van der Waals surface area (Å²) in [7, 11) is -2.32. The smallest absolute Gasteiger partial charge is 0.243 e. The third-order valence-corrected chi connectivity index (χ3v) is 4.86. The van der Waals surface area contributed by atoms with Crippen LogP contribution in [0.25, 0.3) is 0 Å². The van der Waals surface area contributed by atoms with Crippen LogP contribution in [0.4, 0.5) is 4.39 Å². The minimum absolute atomic E-state index is 0.0605. The van der Waals surface area contributed by atoms with E-state index in [1.54, 1.807) is 19.1 Å². The van der Waals surface area contributed by atoms with E-state index in [0.29, 0.717) is 11.5 Å². The van der Waals surface area contributed by atoms with Gasteiger partial charge in [-0.15, -0.1) is 0 Å². The lowest BCUT2D eigenvalue weighted by Crippen LogP contribution is -2.26. The molecule has 0 N–H and O–H groups in total. The van der Waals surface area contributed by atoms with Gasteiger partial charge in [0.25, 0.3) is 0 Å². The Kier molecular flexibility index (Phi) is 4.17. The predicted molar refractivity (Wildman–Crippen MR) is 73.5 cm³/mol. The van der Waals surface area contributed by atoms with Gasteiger partial charge < -0.3 is 4.42 Å². The summed E-state index contributed by atoms with van der Waals surface area (Å²) in [4.78, 5) is -0.0605. The summed E-state index contributed by atoms with van der Waals surface area (Å²) in [6, 6.07) is 6.76. The fourth-order valence-electron chi connectivity index (χ4n) is 1.69. The molecule has 0 atom stereocenters. The number of sulfonamides is 1. The zero-order valence-corrected chi connectivity index (χ0v) is 12.5. The van der Waals surface area contributed by atoms with Crippen LogP contribution >= 0.6 is 11.6 Å². The maximum absolute atomic E-state index is 13.1. The highest BCUT2D eigenvalue weighted by Gasteiger charge is 2.22. The van der Waals surface area contributed by atoms with Gasteiger partial charge >= 0.3 is 0 Å². The molecule has 0 aliphatic carbocycles. The maximum Gasteiger partial charge on any atom is 0.243 e. The van der Waals surface area contributed by atoms with Crippen LogP contribution in [0.1, 0.15) is 11.5 Å². The standard InChI is InChI=1S/C13H13ClFNO3S/c1-9-3-4-10(19-9)8-16(2)20(17,18)11-5-6-13(15)12(14)7-11/h3-7H,8H2,1-2H3. The number of halogens is 2. The lowest BCUT2D eigenvalue weighted by Gasteiger charge is -2.16. The lowest BCUT2D eigenvalue weighted by atomic mass is 10.3. The van der Waals surface area contributed by atoms with Gasteiger partial charge in [0.1, 0.15) is 17.3 Å². The van der Waals surface area contributed by atoms with Gasteiger partial charge in [0.05, 0.1) is 16.5 Å². The molecule has 108 valence electrons. The SMILES string of the molecule is Cc1ccc(CN(C)S(=O)(=O)c2ccc(F)c(Cl)c2)o1. The first kappa shape index (κ1) is 15.0. The molecule has 0 bridgehead atoms. The lowest BCUT2D eigenvalue weighted by molar-refractivity contribution is 0.397. The van der Waals surface area contributed by atoms with Crippen LogP contribution in [0.3, 0.4) is 0 Å². The van der Waals surface area contributed by atoms with Gasteiger partial charge in [-0.3, -0.25) is 0 Å². The van der Waals surface area contributed by atoms with E-state index in [1.165, 1.54) is 13.1 Å². The van der Waals surface area contributed by atoms with Crippen molar-refractivity contribution >= 4 is 21.6 Å². The van der Waals surface area contributed by atoms with Gasteiger partial charge in [0.2, 0.25) is 10.0 Å². The molecular formula is C13H13ClFNO3S. The van der Waals surface area contributed by atoms with Crippen LogP contribution < -0.4 is 0 Å². The van der Waals surface area contributed by atoms with Crippen molar-refractivity contribution in [3.63, 3.8) is 0 Å². The molecule has 7 heteroatoms. The highest BCUT2D eigenvalue weighted by molar-refractivity contribution is 7.89. The Balaban J connectivity index is 2.27. The fraction of sp³-hybridized carbons (Fsp3) is 0.231. The summed E-state index contributed by atoms with van der Waals surface area (Å²) >= 11 is 5.61. The molecular weight excluding hydrogens is 305 g/mol. The van der Waals surface area contributed by atoms with Crippen molar-refractivity contribution in [3.8, 4) is 0 Å². The molecule has 1 aromatic heterocycles. The first-order chi connectivity index (χ1) is 9.30. The summed E-state index contributed by atoms with van der Waals surface area (Å²) < 4.78 is 44.2. The second-order valence-electron chi connectivity index (χ2n) is 4.35. The Morgan fingerprint density at radius 2 is 2.00 bits per heavy atom. The van der Waals surface area contributed by atoms with E-state index >= 15 is 0 Å². The Bertz CT molecular complexity index is 727. The second kappa shape index (κ2) is 5.55. The molecule has 0 fully saturated rings. The Morgan fingerprint density at radius 3 is 2.55 bits per heavy atom. The minimum Gasteiger partial charge on any atom is -0.465 e. The van der Waals surface area contributed by atoms with Crippen LogP contribution in [0.5, 0.6) is 0 Å². The van der Waals surface area contributed by atoms with Crippen molar-refractivity contribution in [2.45, 2.75) is 18.4 Å². The second-order valence-corrected chi connectivity index (χ2v) is 6.80. The number of benzene rings is 1. The monoisotopic (exact) mass is 317 g/mol. The van der Waals surface area contributed by atoms with Crippen molar-refractivity contribution in [1.29, 1.82) is 0 Å². The zero-order valence-electron chi connectivity index (χ0n) is 10.9. The summed E-state index contributed by atoms with van der Waals surface area (Å²) in [5.74, 6) is 0.576. The number of hydrogen-bond donors (Lipinski definition) is 0. The minimum atomic E-state index is -3.74. The van der Waals surface area contributed by atoms with Crippen molar-refractivity contribution < 1.29 is 17.2 Å². The van der Waals surface area contributed by atoms with E-state index in [2.05, 4.69) is 0 Å². The maximum atomic E-state index is 13.1. The molecule has 0 aliphatic rings. The van der Waals surface area contributed by atoms with Crippen LogP contribution in [-0.4, -0.2) is 19.8 Å². The third-order valence-electron chi connectivity index (χ3n) is 2.77. The molecule has 0 saturated heterocycles. The molecule has 20 heavy (non-hydrogen) atoms. The number of hydrogen-bond acceptors (Lipinski definition) is 3. The summed E-state index contributed by atoms with van der Waals surface area (Å²) in [5, 5.41) is -0.228. The van der Waals surface area contributed by atoms with Gasteiger partial charge in [-0.05, 0) is 37.3 Å². The molecule has 1 aromatic carbocycles. The quantitative estimate of drug-likeness (QED) is 0.870. The van der Waals surface area contributed by atoms with Crippen molar-refractivity contribution in [1.82, 2.24) is 4.31 Å². The molecule has 0 spiro atoms. The summed E-state index contributed by atoms with van der Waals surface area (Å²) in [5.41, 5.74) is 0. The van der Waals surface area contributed by atoms with Gasteiger partial charge in [-0.1, -0.05) is 11.6 Å². The van der Waals surface area contributed by atoms with Gasteiger partial charge in [0.15, 0.2) is 0 Å². The average Bonchev–Trinajstić information content (AvgIpc) is 2.78. The van der Waals surface area contributed by atoms with E-state index in [9.17, 15) is 12.8 Å². The molecule has 0 amide bonds. The van der Waals surface area contributed by atoms with E-state index in [0.717, 1.165) is 16.4 Å². The summed E-state index contributed by atoms with van der Waals surface area (Å²) in [6.45, 7) is 1.86. The summed E-state index contributed by atoms with van der Waals surface area (Å²) in [6.07, 6.45) is 0. The predicted octanol–water partition coefficient (Wildman–Crippen LogP) is 3.20. The number of furan rings is 1. The Hall–Kier alpha value is -1.37. The third kappa shape index (κ3) is 3.03. The van der Waals surface area contributed by atoms with Crippen LogP contribution in [0.15, 0.2) is 39.6 Å². The molecule has 4 nitrogen and oxygen atoms in total. The van der Waals surface area contributed by atoms with E-state index in [-0.39, 0.29) is 16.5 Å². The Labute approximate surface area is 121 Å². The molecule has 0 aliphatic heterocycles. The van der Waals surface area contributed by atoms with Crippen LogP contribution in [0.2, 0.25) is 5.02 Å². The highest BCUT2D eigenvalue weighted by Crippen LogP contribution is 2.23. The highest BCUT2D eigenvalue weighted by atomic mass is 35.5. The van der Waals surface area contributed by atoms with Crippen molar-refractivity contribution in [2.75, 3.05) is 7.05 Å². The fourth-order valence-corrected chi connectivity index (χ4v) is 3.10. The number of aryl methyl sites for hydroxylation is 1. The van der Waals surface area contributed by atoms with E-state index in [1.807, 2.05) is 0 Å². The molecule has 2 aromatic rings. The molecule has 0 radical (unpaired) electrons. The molecule has 0 unspecified atom stereocenters. The Morgan fingerprint density at radius 1 is 1.30 bits per heavy atom. The molecule has 1 heterocycles. The first-order valence-electron chi connectivity index (χ1n) is 5.77. The van der Waals surface area contributed by atoms with E-state index in [4.69, 9.17) is 16.0 Å². The topological polar surface area (TPSA) is 50.5 Å². The number of nitrogens with zero attached hydrogens (tertiary/aromatic N) is 1. The van der Waals surface area contributed by atoms with Gasteiger partial charge in [-0.25, -0.2) is 12.8 Å². The van der Waals surface area contributed by atoms with Crippen molar-refractivity contribution in [3.05, 3.63) is 52.7 Å². The van der Waals surface area contributed by atoms with Gasteiger partial charge in [-0.2, -0.15) is 4.31 Å². The van der Waals surface area contributed by atoms with Crippen LogP contribution in [-0.2, 0) is 16.6 Å². The van der Waals surface area contributed by atoms with Crippen molar-refractivity contribution in [2.24, 2.45) is 0 Å². The van der Waals surface area contributed by atoms with Crippen LogP contribution in [0, 0.1) is 12.7 Å². The molecule has 0 saturated carbocycles. The largest absolute Gasteiger partial charge is 0.465 e. The van der Waals surface area contributed by atoms with E-state index < -0.39 is 15.8 Å². The average molecular weight is 318 g/mol. The zero-order chi connectivity index (χ0) is 14.9. The normalized spacial score (nSPS) is 12.1. The first-order valence-corrected chi connectivity index (χ1v) is 7.59. The molecule has 2 rings (SSSR count). The van der Waals surface area contributed by atoms with Gasteiger partial charge in [0, 0.05) is 7.05 Å². The number of rotatable bonds is 4.